The van der Waals surface area contributed by atoms with Gasteiger partial charge in [0, 0.05) is 6.20 Å². The highest BCUT2D eigenvalue weighted by Crippen LogP contribution is 2.15. The minimum Gasteiger partial charge on any atom is -0.494 e. The fraction of sp³-hybridized carbons (Fsp3) is 0.364. The van der Waals surface area contributed by atoms with Gasteiger partial charge >= 0.3 is 5.97 Å². The van der Waals surface area contributed by atoms with E-state index in [1.165, 1.54) is 25.6 Å². The molecule has 1 heterocycles. The van der Waals surface area contributed by atoms with Gasteiger partial charge in [0.15, 0.2) is 5.60 Å². The number of ether oxygens (including phenoxy) is 1. The molecule has 0 saturated heterocycles. The van der Waals surface area contributed by atoms with E-state index in [-0.39, 0.29) is 11.3 Å². The maximum absolute atomic E-state index is 11.8. The van der Waals surface area contributed by atoms with Gasteiger partial charge in [-0.3, -0.25) is 9.78 Å². The molecule has 0 bridgehead atoms. The van der Waals surface area contributed by atoms with Gasteiger partial charge in [-0.05, 0) is 13.0 Å². The Kier molecular flexibility index (Phi) is 4.22. The molecular formula is C11H14N2O5. The van der Waals surface area contributed by atoms with Gasteiger partial charge in [-0.2, -0.15) is 0 Å². The molecule has 7 nitrogen and oxygen atoms in total. The van der Waals surface area contributed by atoms with Crippen LogP contribution in [0.5, 0.6) is 5.75 Å². The number of nitrogens with zero attached hydrogens (tertiary/aromatic N) is 1. The molecule has 0 aliphatic heterocycles. The number of pyridine rings is 1. The molecule has 1 atom stereocenters. The summed E-state index contributed by atoms with van der Waals surface area (Å²) in [5.74, 6) is -1.69. The van der Waals surface area contributed by atoms with Gasteiger partial charge in [0.1, 0.15) is 5.75 Å². The number of rotatable bonds is 5. The summed E-state index contributed by atoms with van der Waals surface area (Å²) >= 11 is 0. The number of nitrogens with one attached hydrogen (secondary N) is 1. The van der Waals surface area contributed by atoms with E-state index in [0.717, 1.165) is 6.92 Å². The summed E-state index contributed by atoms with van der Waals surface area (Å²) in [6, 6.07) is 1.43. The minimum atomic E-state index is -2.02. The smallest absolute Gasteiger partial charge is 0.337 e. The average Bonchev–Trinajstić information content (AvgIpc) is 2.35. The van der Waals surface area contributed by atoms with Crippen LogP contribution in [0.3, 0.4) is 0 Å². The van der Waals surface area contributed by atoms with Crippen LogP contribution in [0.15, 0.2) is 18.5 Å². The molecule has 0 aliphatic rings. The molecule has 0 spiro atoms. The standard InChI is InChI=1S/C11H14N2O5/c1-11(17,10(15)16)6-13-9(14)7-3-4-12-5-8(7)18-2/h3-5,17H,6H2,1-2H3,(H,13,14)(H,15,16). The van der Waals surface area contributed by atoms with Gasteiger partial charge in [0.25, 0.3) is 5.91 Å². The van der Waals surface area contributed by atoms with Gasteiger partial charge in [0.2, 0.25) is 0 Å². The average molecular weight is 254 g/mol. The van der Waals surface area contributed by atoms with Crippen LogP contribution in [0, 0.1) is 0 Å². The highest BCUT2D eigenvalue weighted by Gasteiger charge is 2.30. The number of hydrogen-bond acceptors (Lipinski definition) is 5. The van der Waals surface area contributed by atoms with E-state index in [1.807, 2.05) is 0 Å². The van der Waals surface area contributed by atoms with E-state index < -0.39 is 24.0 Å². The minimum absolute atomic E-state index is 0.216. The zero-order valence-corrected chi connectivity index (χ0v) is 10.0. The molecule has 1 aromatic rings. The molecule has 0 saturated carbocycles. The highest BCUT2D eigenvalue weighted by atomic mass is 16.5. The summed E-state index contributed by atoms with van der Waals surface area (Å²) in [7, 11) is 1.39. The molecule has 1 amide bonds. The van der Waals surface area contributed by atoms with Crippen molar-refractivity contribution >= 4 is 11.9 Å². The molecule has 0 fully saturated rings. The molecule has 3 N–H and O–H groups in total. The molecule has 7 heteroatoms. The van der Waals surface area contributed by atoms with Gasteiger partial charge in [-0.25, -0.2) is 4.79 Å². The van der Waals surface area contributed by atoms with Crippen LogP contribution in [0.2, 0.25) is 0 Å². The summed E-state index contributed by atoms with van der Waals surface area (Å²) in [5, 5.41) is 20.5. The largest absolute Gasteiger partial charge is 0.494 e. The Bertz CT molecular complexity index is 459. The normalized spacial score (nSPS) is 13.5. The Labute approximate surface area is 103 Å². The molecule has 1 rings (SSSR count). The first-order chi connectivity index (χ1) is 8.38. The Morgan fingerprint density at radius 3 is 2.78 bits per heavy atom. The number of carboxylic acids is 1. The van der Waals surface area contributed by atoms with Crippen molar-refractivity contribution < 1.29 is 24.5 Å². The Hall–Kier alpha value is -2.15. The first-order valence-corrected chi connectivity index (χ1v) is 5.10. The predicted molar refractivity (Wildman–Crippen MR) is 61.4 cm³/mol. The number of hydrogen-bond donors (Lipinski definition) is 3. The molecule has 18 heavy (non-hydrogen) atoms. The van der Waals surface area contributed by atoms with Gasteiger partial charge in [-0.15, -0.1) is 0 Å². The van der Waals surface area contributed by atoms with Crippen molar-refractivity contribution in [1.29, 1.82) is 0 Å². The fourth-order valence-corrected chi connectivity index (χ4v) is 1.15. The van der Waals surface area contributed by atoms with Crippen molar-refractivity contribution in [2.75, 3.05) is 13.7 Å². The third kappa shape index (κ3) is 3.17. The topological polar surface area (TPSA) is 109 Å². The number of aromatic nitrogens is 1. The lowest BCUT2D eigenvalue weighted by atomic mass is 10.1. The first-order valence-electron chi connectivity index (χ1n) is 5.10. The molecular weight excluding hydrogens is 240 g/mol. The monoisotopic (exact) mass is 254 g/mol. The third-order valence-corrected chi connectivity index (χ3v) is 2.30. The van der Waals surface area contributed by atoms with E-state index in [0.29, 0.717) is 0 Å². The van der Waals surface area contributed by atoms with Crippen molar-refractivity contribution in [1.82, 2.24) is 10.3 Å². The number of methoxy groups -OCH3 is 1. The van der Waals surface area contributed by atoms with Crippen LogP contribution in [0.25, 0.3) is 0 Å². The molecule has 1 unspecified atom stereocenters. The lowest BCUT2D eigenvalue weighted by Gasteiger charge is -2.18. The van der Waals surface area contributed by atoms with Crippen molar-refractivity contribution in [3.05, 3.63) is 24.0 Å². The maximum atomic E-state index is 11.8. The van der Waals surface area contributed by atoms with Gasteiger partial charge in [-0.1, -0.05) is 0 Å². The van der Waals surface area contributed by atoms with Crippen molar-refractivity contribution in [2.24, 2.45) is 0 Å². The van der Waals surface area contributed by atoms with Crippen molar-refractivity contribution in [2.45, 2.75) is 12.5 Å². The summed E-state index contributed by atoms with van der Waals surface area (Å²) < 4.78 is 4.94. The number of amides is 1. The summed E-state index contributed by atoms with van der Waals surface area (Å²) in [4.78, 5) is 26.2. The van der Waals surface area contributed by atoms with E-state index in [4.69, 9.17) is 9.84 Å². The molecule has 0 aliphatic carbocycles. The second kappa shape index (κ2) is 5.46. The van der Waals surface area contributed by atoms with Crippen LogP contribution in [-0.2, 0) is 4.79 Å². The SMILES string of the molecule is COc1cnccc1C(=O)NCC(C)(O)C(=O)O. The molecule has 98 valence electrons. The quantitative estimate of drug-likeness (QED) is 0.663. The van der Waals surface area contributed by atoms with Crippen LogP contribution in [0.1, 0.15) is 17.3 Å². The highest BCUT2D eigenvalue weighted by molar-refractivity contribution is 5.97. The van der Waals surface area contributed by atoms with Crippen LogP contribution in [-0.4, -0.2) is 46.3 Å². The zero-order chi connectivity index (χ0) is 13.8. The third-order valence-electron chi connectivity index (χ3n) is 2.30. The number of aliphatic carboxylic acids is 1. The van der Waals surface area contributed by atoms with Crippen LogP contribution in [0.4, 0.5) is 0 Å². The van der Waals surface area contributed by atoms with Crippen LogP contribution < -0.4 is 10.1 Å². The van der Waals surface area contributed by atoms with Gasteiger partial charge < -0.3 is 20.3 Å². The van der Waals surface area contributed by atoms with E-state index in [1.54, 1.807) is 0 Å². The van der Waals surface area contributed by atoms with Crippen molar-refractivity contribution in [3.8, 4) is 5.75 Å². The first kappa shape index (κ1) is 13.9. The number of aliphatic hydroxyl groups is 1. The molecule has 1 aromatic heterocycles. The number of carbonyl (C=O) groups excluding carboxylic acids is 1. The second-order valence-corrected chi connectivity index (χ2v) is 3.84. The molecule has 0 radical (unpaired) electrons. The van der Waals surface area contributed by atoms with Crippen molar-refractivity contribution in [3.63, 3.8) is 0 Å². The summed E-state index contributed by atoms with van der Waals surface area (Å²) in [5.41, 5.74) is -1.80. The fourth-order valence-electron chi connectivity index (χ4n) is 1.15. The van der Waals surface area contributed by atoms with E-state index in [2.05, 4.69) is 10.3 Å². The Morgan fingerprint density at radius 1 is 1.56 bits per heavy atom. The number of carboxylic acid groups (broad SMARTS) is 1. The zero-order valence-electron chi connectivity index (χ0n) is 10.0. The lowest BCUT2D eigenvalue weighted by molar-refractivity contribution is -0.155. The Balaban J connectivity index is 2.75. The predicted octanol–water partition coefficient (Wildman–Crippen LogP) is -0.344. The lowest BCUT2D eigenvalue weighted by Crippen LogP contribution is -2.46. The van der Waals surface area contributed by atoms with E-state index in [9.17, 15) is 14.7 Å². The van der Waals surface area contributed by atoms with Crippen LogP contribution >= 0.6 is 0 Å². The molecule has 0 aromatic carbocycles. The number of carbonyl (C=O) groups is 2. The summed E-state index contributed by atoms with van der Waals surface area (Å²) in [6.45, 7) is 0.687. The van der Waals surface area contributed by atoms with Gasteiger partial charge in [0.05, 0.1) is 25.4 Å². The Morgan fingerprint density at radius 2 is 2.22 bits per heavy atom. The summed E-state index contributed by atoms with van der Waals surface area (Å²) in [6.07, 6.45) is 2.77. The second-order valence-electron chi connectivity index (χ2n) is 3.84. The van der Waals surface area contributed by atoms with E-state index >= 15 is 0 Å². The maximum Gasteiger partial charge on any atom is 0.337 e.